The highest BCUT2D eigenvalue weighted by molar-refractivity contribution is 6.31. The van der Waals surface area contributed by atoms with Crippen molar-refractivity contribution in [1.82, 2.24) is 10.2 Å². The maximum Gasteiger partial charge on any atom is 0.258 e. The Morgan fingerprint density at radius 2 is 1.90 bits per heavy atom. The molecule has 2 aromatic carbocycles. The zero-order valence-electron chi connectivity index (χ0n) is 17.7. The lowest BCUT2D eigenvalue weighted by atomic mass is 10.0. The second kappa shape index (κ2) is 10.1. The first-order valence-corrected chi connectivity index (χ1v) is 10.5. The molecule has 0 aliphatic carbocycles. The molecule has 1 saturated heterocycles. The lowest BCUT2D eigenvalue weighted by Gasteiger charge is -2.29. The van der Waals surface area contributed by atoms with Gasteiger partial charge in [-0.25, -0.2) is 4.39 Å². The van der Waals surface area contributed by atoms with E-state index in [2.05, 4.69) is 5.32 Å². The number of benzene rings is 2. The first kappa shape index (κ1) is 23.0. The van der Waals surface area contributed by atoms with E-state index in [9.17, 15) is 14.0 Å². The summed E-state index contributed by atoms with van der Waals surface area (Å²) in [4.78, 5) is 27.8. The smallest absolute Gasteiger partial charge is 0.258 e. The molecule has 0 bridgehead atoms. The van der Waals surface area contributed by atoms with Crippen LogP contribution in [0, 0.1) is 5.82 Å². The Bertz CT molecular complexity index is 938. The Labute approximate surface area is 186 Å². The zero-order valence-corrected chi connectivity index (χ0v) is 18.5. The van der Waals surface area contributed by atoms with E-state index in [0.717, 1.165) is 5.56 Å². The number of amides is 2. The van der Waals surface area contributed by atoms with Crippen molar-refractivity contribution in [3.05, 3.63) is 64.4 Å². The minimum atomic E-state index is -0.607. The number of ether oxygens (including phenoxy) is 2. The van der Waals surface area contributed by atoms with Crippen LogP contribution in [0.15, 0.2) is 42.5 Å². The van der Waals surface area contributed by atoms with Crippen LogP contribution in [0.25, 0.3) is 0 Å². The predicted molar refractivity (Wildman–Crippen MR) is 116 cm³/mol. The first-order chi connectivity index (χ1) is 14.8. The van der Waals surface area contributed by atoms with Crippen LogP contribution in [0.5, 0.6) is 5.75 Å². The zero-order chi connectivity index (χ0) is 22.5. The molecule has 8 heteroatoms. The van der Waals surface area contributed by atoms with Crippen LogP contribution in [0.2, 0.25) is 5.02 Å². The van der Waals surface area contributed by atoms with Crippen molar-refractivity contribution in [1.29, 1.82) is 0 Å². The number of nitrogens with one attached hydrogen (secondary N) is 1. The minimum absolute atomic E-state index is 0.261. The van der Waals surface area contributed by atoms with E-state index in [4.69, 9.17) is 21.1 Å². The summed E-state index contributed by atoms with van der Waals surface area (Å²) in [5.41, 5.74) is 1.07. The highest BCUT2D eigenvalue weighted by atomic mass is 35.5. The van der Waals surface area contributed by atoms with Gasteiger partial charge >= 0.3 is 0 Å². The predicted octanol–water partition coefficient (Wildman–Crippen LogP) is 3.98. The number of hydrogen-bond donors (Lipinski definition) is 1. The second-order valence-electron chi connectivity index (χ2n) is 7.51. The molecule has 1 aliphatic heterocycles. The highest BCUT2D eigenvalue weighted by Gasteiger charge is 2.36. The van der Waals surface area contributed by atoms with E-state index in [1.165, 1.54) is 26.4 Å². The Morgan fingerprint density at radius 3 is 2.55 bits per heavy atom. The number of halogens is 2. The quantitative estimate of drug-likeness (QED) is 0.695. The molecule has 166 valence electrons. The standard InChI is InChI=1S/C23H26ClFN2O4/c1-14(21(31-3)15-6-9-17(25)10-7-15)26-22(28)19-5-4-12-27(19)23(29)18-13-16(24)8-11-20(18)30-2/h6-11,13-14,19,21H,4-5,12H2,1-3H3,(H,26,28). The van der Waals surface area contributed by atoms with Crippen LogP contribution in [-0.2, 0) is 9.53 Å². The third-order valence-corrected chi connectivity index (χ3v) is 5.72. The van der Waals surface area contributed by atoms with Gasteiger partial charge in [-0.15, -0.1) is 0 Å². The summed E-state index contributed by atoms with van der Waals surface area (Å²) in [7, 11) is 3.02. The van der Waals surface area contributed by atoms with Crippen LogP contribution in [-0.4, -0.2) is 49.6 Å². The molecule has 1 heterocycles. The Morgan fingerprint density at radius 1 is 1.19 bits per heavy atom. The molecular weight excluding hydrogens is 423 g/mol. The summed E-state index contributed by atoms with van der Waals surface area (Å²) in [6, 6.07) is 9.80. The number of hydrogen-bond acceptors (Lipinski definition) is 4. The fourth-order valence-corrected chi connectivity index (χ4v) is 4.13. The highest BCUT2D eigenvalue weighted by Crippen LogP contribution is 2.28. The molecule has 2 aromatic rings. The van der Waals surface area contributed by atoms with Crippen molar-refractivity contribution in [3.8, 4) is 5.75 Å². The number of rotatable bonds is 7. The first-order valence-electron chi connectivity index (χ1n) is 10.1. The topological polar surface area (TPSA) is 67.9 Å². The van der Waals surface area contributed by atoms with Gasteiger partial charge in [0.1, 0.15) is 23.7 Å². The third kappa shape index (κ3) is 5.17. The van der Waals surface area contributed by atoms with Gasteiger partial charge in [0.05, 0.1) is 18.7 Å². The molecule has 0 aromatic heterocycles. The van der Waals surface area contributed by atoms with E-state index < -0.39 is 12.1 Å². The summed E-state index contributed by atoms with van der Waals surface area (Å²) >= 11 is 6.07. The fourth-order valence-electron chi connectivity index (χ4n) is 3.96. The summed E-state index contributed by atoms with van der Waals surface area (Å²) in [5, 5.41) is 3.37. The Balaban J connectivity index is 1.74. The summed E-state index contributed by atoms with van der Waals surface area (Å²) < 4.78 is 24.1. The molecule has 2 amide bonds. The molecule has 31 heavy (non-hydrogen) atoms. The molecule has 0 spiro atoms. The number of carbonyl (C=O) groups excluding carboxylic acids is 2. The largest absolute Gasteiger partial charge is 0.496 e. The summed E-state index contributed by atoms with van der Waals surface area (Å²) in [6.07, 6.45) is 0.817. The lowest BCUT2D eigenvalue weighted by Crippen LogP contribution is -2.49. The summed E-state index contributed by atoms with van der Waals surface area (Å²) in [5.74, 6) is -0.494. The summed E-state index contributed by atoms with van der Waals surface area (Å²) in [6.45, 7) is 2.28. The average molecular weight is 449 g/mol. The monoisotopic (exact) mass is 448 g/mol. The van der Waals surface area contributed by atoms with Gasteiger partial charge in [0.25, 0.3) is 5.91 Å². The van der Waals surface area contributed by atoms with Crippen molar-refractivity contribution < 1.29 is 23.5 Å². The van der Waals surface area contributed by atoms with E-state index in [0.29, 0.717) is 35.7 Å². The van der Waals surface area contributed by atoms with E-state index >= 15 is 0 Å². The van der Waals surface area contributed by atoms with Gasteiger partial charge in [-0.3, -0.25) is 9.59 Å². The van der Waals surface area contributed by atoms with Crippen molar-refractivity contribution in [3.63, 3.8) is 0 Å². The second-order valence-corrected chi connectivity index (χ2v) is 7.94. The molecule has 0 saturated carbocycles. The molecule has 0 radical (unpaired) electrons. The maximum absolute atomic E-state index is 13.2. The maximum atomic E-state index is 13.2. The lowest BCUT2D eigenvalue weighted by molar-refractivity contribution is -0.126. The molecule has 3 unspecified atom stereocenters. The van der Waals surface area contributed by atoms with E-state index in [1.54, 1.807) is 35.2 Å². The average Bonchev–Trinajstić information content (AvgIpc) is 3.25. The van der Waals surface area contributed by atoms with Crippen LogP contribution >= 0.6 is 11.6 Å². The fraction of sp³-hybridized carbons (Fsp3) is 0.391. The molecule has 3 rings (SSSR count). The third-order valence-electron chi connectivity index (χ3n) is 5.48. The SMILES string of the molecule is COc1ccc(Cl)cc1C(=O)N1CCCC1C(=O)NC(C)C(OC)c1ccc(F)cc1. The molecule has 3 atom stereocenters. The van der Waals surface area contributed by atoms with Gasteiger partial charge in [0, 0.05) is 18.7 Å². The van der Waals surface area contributed by atoms with Gasteiger partial charge in [0.2, 0.25) is 5.91 Å². The van der Waals surface area contributed by atoms with Gasteiger partial charge in [-0.2, -0.15) is 0 Å². The normalized spacial score (nSPS) is 17.8. The Hall–Kier alpha value is -2.64. The molecular formula is C23H26ClFN2O4. The number of carbonyl (C=O) groups is 2. The number of methoxy groups -OCH3 is 2. The van der Waals surface area contributed by atoms with Crippen LogP contribution in [0.4, 0.5) is 4.39 Å². The van der Waals surface area contributed by atoms with Crippen molar-refractivity contribution in [2.45, 2.75) is 38.0 Å². The van der Waals surface area contributed by atoms with Crippen molar-refractivity contribution in [2.75, 3.05) is 20.8 Å². The number of nitrogens with zero attached hydrogens (tertiary/aromatic N) is 1. The van der Waals surface area contributed by atoms with Gasteiger partial charge in [-0.1, -0.05) is 23.7 Å². The van der Waals surface area contributed by atoms with E-state index in [1.807, 2.05) is 6.92 Å². The molecule has 1 N–H and O–H groups in total. The minimum Gasteiger partial charge on any atom is -0.496 e. The van der Waals surface area contributed by atoms with Crippen LogP contribution in [0.3, 0.4) is 0 Å². The van der Waals surface area contributed by atoms with Gasteiger partial charge in [-0.05, 0) is 55.7 Å². The van der Waals surface area contributed by atoms with Gasteiger partial charge in [0.15, 0.2) is 0 Å². The Kier molecular flexibility index (Phi) is 7.51. The molecule has 1 aliphatic rings. The van der Waals surface area contributed by atoms with E-state index in [-0.39, 0.29) is 23.7 Å². The number of likely N-dealkylation sites (tertiary alicyclic amines) is 1. The molecule has 1 fully saturated rings. The van der Waals surface area contributed by atoms with Crippen molar-refractivity contribution in [2.24, 2.45) is 0 Å². The van der Waals surface area contributed by atoms with Crippen molar-refractivity contribution >= 4 is 23.4 Å². The molecule has 6 nitrogen and oxygen atoms in total. The van der Waals surface area contributed by atoms with Gasteiger partial charge < -0.3 is 19.7 Å². The van der Waals surface area contributed by atoms with Crippen LogP contribution in [0.1, 0.15) is 41.8 Å². The van der Waals surface area contributed by atoms with Crippen LogP contribution < -0.4 is 10.1 Å².